The van der Waals surface area contributed by atoms with Gasteiger partial charge in [0.2, 0.25) is 17.7 Å². The highest BCUT2D eigenvalue weighted by molar-refractivity contribution is 14.1. The van der Waals surface area contributed by atoms with E-state index >= 15 is 0 Å². The van der Waals surface area contributed by atoms with Crippen LogP contribution >= 0.6 is 22.6 Å². The van der Waals surface area contributed by atoms with E-state index in [0.717, 1.165) is 56.3 Å². The minimum atomic E-state index is -0.0620. The van der Waals surface area contributed by atoms with Crippen LogP contribution in [0.3, 0.4) is 0 Å². The van der Waals surface area contributed by atoms with E-state index in [1.54, 1.807) is 6.20 Å². The van der Waals surface area contributed by atoms with Gasteiger partial charge in [-0.15, -0.1) is 0 Å². The molecule has 0 saturated heterocycles. The van der Waals surface area contributed by atoms with E-state index in [-0.39, 0.29) is 23.8 Å². The summed E-state index contributed by atoms with van der Waals surface area (Å²) in [5.74, 6) is 6.29. The second-order valence-corrected chi connectivity index (χ2v) is 12.8. The lowest BCUT2D eigenvalue weighted by atomic mass is 10.1. The normalized spacial score (nSPS) is 13.9. The Balaban J connectivity index is 0.000000134. The number of halogens is 1. The molecule has 4 aromatic carbocycles. The van der Waals surface area contributed by atoms with Crippen molar-refractivity contribution in [2.75, 3.05) is 22.6 Å². The third-order valence-corrected chi connectivity index (χ3v) is 8.60. The molecule has 0 aliphatic carbocycles. The highest BCUT2D eigenvalue weighted by Crippen LogP contribution is 2.30. The van der Waals surface area contributed by atoms with Gasteiger partial charge in [-0.05, 0) is 120 Å². The van der Waals surface area contributed by atoms with E-state index in [9.17, 15) is 14.4 Å². The Kier molecular flexibility index (Phi) is 10.5. The summed E-state index contributed by atoms with van der Waals surface area (Å²) in [6.07, 6.45) is 3.16. The molecule has 4 heterocycles. The largest absolute Gasteiger partial charge is 0.366 e. The topological polar surface area (TPSA) is 114 Å². The summed E-state index contributed by atoms with van der Waals surface area (Å²) in [6, 6.07) is 29.8. The zero-order valence-corrected chi connectivity index (χ0v) is 29.2. The zero-order valence-electron chi connectivity index (χ0n) is 27.0. The molecule has 0 radical (unpaired) electrons. The molecule has 0 fully saturated rings. The van der Waals surface area contributed by atoms with E-state index in [4.69, 9.17) is 4.74 Å². The molecule has 9 nitrogen and oxygen atoms in total. The van der Waals surface area contributed by atoms with Crippen LogP contribution in [0.5, 0.6) is 0 Å². The fourth-order valence-corrected chi connectivity index (χ4v) is 6.22. The summed E-state index contributed by atoms with van der Waals surface area (Å²) in [7, 11) is 0. The first kappa shape index (κ1) is 33.6. The van der Waals surface area contributed by atoms with Gasteiger partial charge in [0.05, 0.1) is 36.8 Å². The molecule has 0 spiro atoms. The highest BCUT2D eigenvalue weighted by Gasteiger charge is 2.20. The summed E-state index contributed by atoms with van der Waals surface area (Å²) >= 11 is 2.24. The number of amides is 3. The maximum atomic E-state index is 11.5. The number of aromatic nitrogens is 2. The Hall–Kier alpha value is -5.25. The van der Waals surface area contributed by atoms with Gasteiger partial charge in [0.15, 0.2) is 0 Å². The molecule has 49 heavy (non-hydrogen) atoms. The van der Waals surface area contributed by atoms with E-state index in [0.29, 0.717) is 25.9 Å². The molecule has 3 aliphatic heterocycles. The number of hydrogen-bond acceptors (Lipinski definition) is 5. The lowest BCUT2D eigenvalue weighted by Gasteiger charge is -2.08. The number of rotatable bonds is 4. The van der Waals surface area contributed by atoms with Crippen molar-refractivity contribution in [3.63, 3.8) is 0 Å². The van der Waals surface area contributed by atoms with Gasteiger partial charge in [-0.2, -0.15) is 5.10 Å². The third-order valence-electron chi connectivity index (χ3n) is 7.93. The molecular weight excluding hydrogens is 729 g/mol. The Morgan fingerprint density at radius 1 is 0.776 bits per heavy atom. The minimum absolute atomic E-state index is 0.0489. The number of benzene rings is 4. The van der Waals surface area contributed by atoms with Crippen LogP contribution in [0, 0.1) is 15.4 Å². The van der Waals surface area contributed by atoms with E-state index < -0.39 is 0 Å². The predicted octanol–water partition coefficient (Wildman–Crippen LogP) is 6.78. The summed E-state index contributed by atoms with van der Waals surface area (Å²) in [6.45, 7) is 4.54. The van der Waals surface area contributed by atoms with Crippen LogP contribution in [-0.4, -0.2) is 40.2 Å². The number of fused-ring (bicyclic) bond motifs is 3. The second kappa shape index (κ2) is 15.3. The lowest BCUT2D eigenvalue weighted by molar-refractivity contribution is -0.115. The number of nitrogens with zero attached hydrogens (tertiary/aromatic N) is 2. The minimum Gasteiger partial charge on any atom is -0.366 e. The maximum absolute atomic E-state index is 11.5. The number of hydrogen-bond donors (Lipinski definition) is 3. The Morgan fingerprint density at radius 3 is 2.02 bits per heavy atom. The zero-order chi connectivity index (χ0) is 34.3. The van der Waals surface area contributed by atoms with Crippen LogP contribution in [0.1, 0.15) is 36.1 Å². The summed E-state index contributed by atoms with van der Waals surface area (Å²) in [5.41, 5.74) is 9.98. The number of nitrogens with one attached hydrogen (secondary N) is 3. The SMILES string of the molecule is CCOC(C)C#Cc1ccc2c(c1)CC(=O)N2.O=C1Cc2cc(-c3ccnn3-c3ccccc3)ccc2N1.O=C1Cc2cc(I)ccc2N1. The standard InChI is InChI=1S/C17H13N3O.C14H15NO2.C8H6INO/c21-17-11-13-10-12(6-7-15(13)19-17)16-8-9-18-20(16)14-4-2-1-3-5-14;1-3-17-10(2)4-5-11-6-7-13-12(8-11)9-14(16)15-13;9-6-1-2-7-5(3-6)4-8(11)10-7/h1-10H,11H2,(H,19,21);6-8,10H,3,9H2,1-2H3,(H,15,16);1-3H,4H2,(H,10,11). The fraction of sp³-hybridized carbons (Fsp3) is 0.179. The van der Waals surface area contributed by atoms with Gasteiger partial charge in [0.1, 0.15) is 6.10 Å². The van der Waals surface area contributed by atoms with Crippen LogP contribution in [0.15, 0.2) is 97.2 Å². The molecule has 5 aromatic rings. The molecule has 3 aliphatic rings. The average Bonchev–Trinajstić information content (AvgIpc) is 3.88. The molecule has 0 bridgehead atoms. The first-order valence-electron chi connectivity index (χ1n) is 15.9. The number of anilines is 3. The maximum Gasteiger partial charge on any atom is 0.228 e. The van der Waals surface area contributed by atoms with Gasteiger partial charge in [0.25, 0.3) is 0 Å². The predicted molar refractivity (Wildman–Crippen MR) is 200 cm³/mol. The van der Waals surface area contributed by atoms with Gasteiger partial charge in [-0.3, -0.25) is 14.4 Å². The Bertz CT molecular complexity index is 2100. The van der Waals surface area contributed by atoms with Gasteiger partial charge in [-0.25, -0.2) is 4.68 Å². The van der Waals surface area contributed by atoms with Crippen molar-refractivity contribution in [2.24, 2.45) is 0 Å². The van der Waals surface area contributed by atoms with Crippen LogP contribution in [0.25, 0.3) is 16.9 Å². The highest BCUT2D eigenvalue weighted by atomic mass is 127. The first-order valence-corrected chi connectivity index (χ1v) is 17.0. The summed E-state index contributed by atoms with van der Waals surface area (Å²) in [5, 5.41) is 12.8. The second-order valence-electron chi connectivity index (χ2n) is 11.6. The molecule has 8 rings (SSSR count). The Morgan fingerprint density at radius 2 is 1.37 bits per heavy atom. The molecule has 1 atom stereocenters. The average molecular weight is 764 g/mol. The van der Waals surface area contributed by atoms with Crippen molar-refractivity contribution in [3.8, 4) is 28.8 Å². The molecule has 3 N–H and O–H groups in total. The van der Waals surface area contributed by atoms with Gasteiger partial charge >= 0.3 is 0 Å². The number of carbonyl (C=O) groups excluding carboxylic acids is 3. The Labute approximate surface area is 298 Å². The van der Waals surface area contributed by atoms with Crippen molar-refractivity contribution in [3.05, 3.63) is 123 Å². The lowest BCUT2D eigenvalue weighted by Crippen LogP contribution is -2.03. The smallest absolute Gasteiger partial charge is 0.228 e. The van der Waals surface area contributed by atoms with Gasteiger partial charge in [-0.1, -0.05) is 36.1 Å². The van der Waals surface area contributed by atoms with E-state index in [2.05, 4.69) is 61.5 Å². The first-order chi connectivity index (χ1) is 23.7. The van der Waals surface area contributed by atoms with Crippen LogP contribution in [-0.2, 0) is 38.4 Å². The van der Waals surface area contributed by atoms with Crippen molar-refractivity contribution in [1.29, 1.82) is 0 Å². The van der Waals surface area contributed by atoms with Crippen LogP contribution in [0.2, 0.25) is 0 Å². The van der Waals surface area contributed by atoms with Gasteiger partial charge < -0.3 is 20.7 Å². The number of ether oxygens (including phenoxy) is 1. The van der Waals surface area contributed by atoms with Crippen molar-refractivity contribution >= 4 is 57.4 Å². The van der Waals surface area contributed by atoms with Gasteiger partial charge in [0, 0.05) is 38.4 Å². The number of carbonyl (C=O) groups is 3. The van der Waals surface area contributed by atoms with Crippen molar-refractivity contribution in [1.82, 2.24) is 9.78 Å². The molecule has 246 valence electrons. The molecule has 1 unspecified atom stereocenters. The van der Waals surface area contributed by atoms with E-state index in [1.807, 2.05) is 103 Å². The summed E-state index contributed by atoms with van der Waals surface area (Å²) < 4.78 is 8.42. The molecule has 1 aromatic heterocycles. The van der Waals surface area contributed by atoms with Crippen molar-refractivity contribution in [2.45, 2.75) is 39.2 Å². The third kappa shape index (κ3) is 8.43. The monoisotopic (exact) mass is 763 g/mol. The van der Waals surface area contributed by atoms with E-state index in [1.165, 1.54) is 3.57 Å². The fourth-order valence-electron chi connectivity index (χ4n) is 5.67. The molecule has 3 amide bonds. The van der Waals surface area contributed by atoms with Crippen LogP contribution < -0.4 is 16.0 Å². The summed E-state index contributed by atoms with van der Waals surface area (Å²) in [4.78, 5) is 33.6. The molecular formula is C39H34IN5O4. The number of para-hydroxylation sites is 1. The molecule has 10 heteroatoms. The quantitative estimate of drug-likeness (QED) is 0.138. The molecule has 0 saturated carbocycles. The van der Waals surface area contributed by atoms with Crippen LogP contribution in [0.4, 0.5) is 17.1 Å². The van der Waals surface area contributed by atoms with Crippen molar-refractivity contribution < 1.29 is 19.1 Å².